The van der Waals surface area contributed by atoms with Gasteiger partial charge in [0.1, 0.15) is 5.65 Å². The fourth-order valence-corrected chi connectivity index (χ4v) is 2.98. The molecule has 4 heterocycles. The monoisotopic (exact) mass is 371 g/mol. The first-order chi connectivity index (χ1) is 13.6. The van der Waals surface area contributed by atoms with E-state index in [2.05, 4.69) is 26.0 Å². The number of methoxy groups -OCH3 is 1. The zero-order chi connectivity index (χ0) is 19.5. The highest BCUT2D eigenvalue weighted by molar-refractivity contribution is 5.96. The molecule has 0 fully saturated rings. The van der Waals surface area contributed by atoms with E-state index in [1.54, 1.807) is 31.8 Å². The maximum Gasteiger partial charge on any atom is 0.241 e. The van der Waals surface area contributed by atoms with Gasteiger partial charge >= 0.3 is 0 Å². The first-order valence-electron chi connectivity index (χ1n) is 8.55. The van der Waals surface area contributed by atoms with E-state index in [9.17, 15) is 4.79 Å². The van der Waals surface area contributed by atoms with Gasteiger partial charge in [-0.05, 0) is 41.5 Å². The minimum absolute atomic E-state index is 0.514. The van der Waals surface area contributed by atoms with Crippen LogP contribution < -0.4 is 10.5 Å². The Hall–Kier alpha value is -4.00. The van der Waals surface area contributed by atoms with Crippen LogP contribution in [0.5, 0.6) is 5.88 Å². The molecule has 28 heavy (non-hydrogen) atoms. The van der Waals surface area contributed by atoms with Crippen molar-refractivity contribution in [2.45, 2.75) is 0 Å². The summed E-state index contributed by atoms with van der Waals surface area (Å²) in [5.41, 5.74) is 10.4. The molecule has 0 aliphatic rings. The van der Waals surface area contributed by atoms with Gasteiger partial charge < -0.3 is 15.5 Å². The molecule has 0 aliphatic heterocycles. The van der Waals surface area contributed by atoms with Gasteiger partial charge in [0.05, 0.1) is 12.8 Å². The van der Waals surface area contributed by atoms with Gasteiger partial charge in [0.15, 0.2) is 0 Å². The number of aromatic amines is 1. The van der Waals surface area contributed by atoms with E-state index in [1.165, 1.54) is 6.08 Å². The van der Waals surface area contributed by atoms with Crippen LogP contribution in [0.2, 0.25) is 0 Å². The molecular formula is C21H17N5O2. The molecule has 0 unspecified atom stereocenters. The zero-order valence-corrected chi connectivity index (χ0v) is 15.1. The summed E-state index contributed by atoms with van der Waals surface area (Å²) in [6.07, 6.45) is 9.99. The molecule has 0 radical (unpaired) electrons. The molecule has 4 aromatic rings. The van der Waals surface area contributed by atoms with Gasteiger partial charge in [-0.25, -0.2) is 9.97 Å². The maximum absolute atomic E-state index is 10.9. The van der Waals surface area contributed by atoms with E-state index >= 15 is 0 Å². The lowest BCUT2D eigenvalue weighted by Crippen LogP contribution is -2.05. The van der Waals surface area contributed by atoms with Crippen LogP contribution in [0.4, 0.5) is 0 Å². The van der Waals surface area contributed by atoms with Crippen LogP contribution in [0.25, 0.3) is 39.4 Å². The summed E-state index contributed by atoms with van der Waals surface area (Å²) in [6, 6.07) is 9.65. The highest BCUT2D eigenvalue weighted by atomic mass is 16.5. The minimum Gasteiger partial charge on any atom is -0.481 e. The Morgan fingerprint density at radius 1 is 1.07 bits per heavy atom. The van der Waals surface area contributed by atoms with E-state index < -0.39 is 5.91 Å². The average molecular weight is 371 g/mol. The quantitative estimate of drug-likeness (QED) is 0.524. The number of H-pyrrole nitrogens is 1. The van der Waals surface area contributed by atoms with Crippen LogP contribution in [0, 0.1) is 0 Å². The summed E-state index contributed by atoms with van der Waals surface area (Å²) >= 11 is 0. The number of aromatic nitrogens is 4. The van der Waals surface area contributed by atoms with Crippen LogP contribution >= 0.6 is 0 Å². The molecule has 1 amide bonds. The molecule has 0 bridgehead atoms. The topological polar surface area (TPSA) is 107 Å². The van der Waals surface area contributed by atoms with Crippen molar-refractivity contribution in [3.63, 3.8) is 0 Å². The van der Waals surface area contributed by atoms with Crippen molar-refractivity contribution >= 4 is 23.0 Å². The second kappa shape index (κ2) is 7.32. The first-order valence-corrected chi connectivity index (χ1v) is 8.55. The van der Waals surface area contributed by atoms with Gasteiger partial charge in [-0.1, -0.05) is 0 Å². The number of carbonyl (C=O) groups is 1. The first kappa shape index (κ1) is 17.4. The SMILES string of the molecule is COc1cc(-c2c[nH]c3ncc(-c4ccnc(/C=C/C(N)=O)c4)cc23)ccn1. The van der Waals surface area contributed by atoms with Crippen molar-refractivity contribution in [1.29, 1.82) is 0 Å². The minimum atomic E-state index is -0.514. The predicted octanol–water partition coefficient (Wildman–Crippen LogP) is 3.19. The number of nitrogens with one attached hydrogen (secondary N) is 1. The van der Waals surface area contributed by atoms with Crippen molar-refractivity contribution < 1.29 is 9.53 Å². The number of primary amides is 1. The average Bonchev–Trinajstić information content (AvgIpc) is 3.16. The van der Waals surface area contributed by atoms with Gasteiger partial charge in [-0.3, -0.25) is 9.78 Å². The van der Waals surface area contributed by atoms with Crippen molar-refractivity contribution in [3.8, 4) is 28.1 Å². The lowest BCUT2D eigenvalue weighted by Gasteiger charge is -2.05. The number of pyridine rings is 3. The summed E-state index contributed by atoms with van der Waals surface area (Å²) in [7, 11) is 1.59. The summed E-state index contributed by atoms with van der Waals surface area (Å²) in [6.45, 7) is 0. The summed E-state index contributed by atoms with van der Waals surface area (Å²) in [4.78, 5) is 27.1. The van der Waals surface area contributed by atoms with Crippen molar-refractivity contribution in [1.82, 2.24) is 19.9 Å². The number of amides is 1. The normalized spacial score (nSPS) is 11.2. The van der Waals surface area contributed by atoms with Gasteiger partial charge in [-0.2, -0.15) is 0 Å². The van der Waals surface area contributed by atoms with Crippen LogP contribution in [0.1, 0.15) is 5.69 Å². The summed E-state index contributed by atoms with van der Waals surface area (Å²) in [5.74, 6) is 0.0380. The maximum atomic E-state index is 10.9. The molecule has 0 spiro atoms. The van der Waals surface area contributed by atoms with Crippen LogP contribution in [0.3, 0.4) is 0 Å². The third-order valence-electron chi connectivity index (χ3n) is 4.32. The van der Waals surface area contributed by atoms with Crippen LogP contribution in [0.15, 0.2) is 61.2 Å². The number of ether oxygens (including phenoxy) is 1. The fraction of sp³-hybridized carbons (Fsp3) is 0.0476. The van der Waals surface area contributed by atoms with Gasteiger partial charge in [0, 0.05) is 53.4 Å². The van der Waals surface area contributed by atoms with Crippen molar-refractivity contribution in [2.75, 3.05) is 7.11 Å². The molecule has 0 aliphatic carbocycles. The number of hydrogen-bond donors (Lipinski definition) is 2. The molecule has 3 N–H and O–H groups in total. The summed E-state index contributed by atoms with van der Waals surface area (Å²) in [5, 5.41) is 0.983. The van der Waals surface area contributed by atoms with E-state index in [4.69, 9.17) is 10.5 Å². The third-order valence-corrected chi connectivity index (χ3v) is 4.32. The predicted molar refractivity (Wildman–Crippen MR) is 107 cm³/mol. The molecule has 4 rings (SSSR count). The van der Waals surface area contributed by atoms with E-state index in [0.717, 1.165) is 33.3 Å². The van der Waals surface area contributed by atoms with Gasteiger partial charge in [0.2, 0.25) is 11.8 Å². The smallest absolute Gasteiger partial charge is 0.241 e. The summed E-state index contributed by atoms with van der Waals surface area (Å²) < 4.78 is 5.23. The largest absolute Gasteiger partial charge is 0.481 e. The number of fused-ring (bicyclic) bond motifs is 1. The fourth-order valence-electron chi connectivity index (χ4n) is 2.98. The van der Waals surface area contributed by atoms with E-state index in [0.29, 0.717) is 11.6 Å². The van der Waals surface area contributed by atoms with Crippen LogP contribution in [-0.2, 0) is 4.79 Å². The number of nitrogens with zero attached hydrogens (tertiary/aromatic N) is 3. The second-order valence-corrected chi connectivity index (χ2v) is 6.11. The van der Waals surface area contributed by atoms with Gasteiger partial charge in [0.25, 0.3) is 0 Å². The van der Waals surface area contributed by atoms with Crippen molar-refractivity contribution in [3.05, 3.63) is 66.9 Å². The number of rotatable bonds is 5. The molecule has 138 valence electrons. The van der Waals surface area contributed by atoms with Crippen molar-refractivity contribution in [2.24, 2.45) is 5.73 Å². The third kappa shape index (κ3) is 3.45. The Balaban J connectivity index is 1.78. The number of hydrogen-bond acceptors (Lipinski definition) is 5. The molecule has 7 heteroatoms. The van der Waals surface area contributed by atoms with E-state index in [-0.39, 0.29) is 0 Å². The van der Waals surface area contributed by atoms with E-state index in [1.807, 2.05) is 30.5 Å². The lowest BCUT2D eigenvalue weighted by atomic mass is 10.0. The molecule has 0 saturated heterocycles. The Morgan fingerprint density at radius 3 is 2.71 bits per heavy atom. The standard InChI is InChI=1S/C21H17N5O2/c1-28-20-10-14(5-7-24-20)18-12-26-21-17(18)9-15(11-25-21)13-4-6-23-16(8-13)2-3-19(22)27/h2-12H,1H3,(H2,22,27)(H,25,26)/b3-2+. The highest BCUT2D eigenvalue weighted by Gasteiger charge is 2.10. The Kier molecular flexibility index (Phi) is 4.55. The Morgan fingerprint density at radius 2 is 1.89 bits per heavy atom. The molecule has 0 aromatic carbocycles. The zero-order valence-electron chi connectivity index (χ0n) is 15.1. The molecular weight excluding hydrogens is 354 g/mol. The Labute approximate surface area is 160 Å². The van der Waals surface area contributed by atoms with Crippen LogP contribution in [-0.4, -0.2) is 33.0 Å². The van der Waals surface area contributed by atoms with Gasteiger partial charge in [-0.15, -0.1) is 0 Å². The Bertz CT molecular complexity index is 1200. The highest BCUT2D eigenvalue weighted by Crippen LogP contribution is 2.32. The second-order valence-electron chi connectivity index (χ2n) is 6.11. The number of nitrogens with two attached hydrogens (primary N) is 1. The number of carbonyl (C=O) groups excluding carboxylic acids is 1. The lowest BCUT2D eigenvalue weighted by molar-refractivity contribution is -0.113. The molecule has 0 saturated carbocycles. The molecule has 0 atom stereocenters. The molecule has 4 aromatic heterocycles. The molecule has 7 nitrogen and oxygen atoms in total.